The zero-order valence-corrected chi connectivity index (χ0v) is 16.2. The van der Waals surface area contributed by atoms with Gasteiger partial charge < -0.3 is 14.2 Å². The summed E-state index contributed by atoms with van der Waals surface area (Å²) in [6.45, 7) is 3.56. The van der Waals surface area contributed by atoms with Crippen LogP contribution in [0.2, 0.25) is 0 Å². The van der Waals surface area contributed by atoms with Crippen LogP contribution in [0.4, 0.5) is 4.39 Å². The fourth-order valence-corrected chi connectivity index (χ4v) is 3.27. The minimum absolute atomic E-state index is 0.0295. The summed E-state index contributed by atoms with van der Waals surface area (Å²) in [6.07, 6.45) is 0.738. The number of ether oxygens (including phenoxy) is 1. The lowest BCUT2D eigenvalue weighted by Crippen LogP contribution is -2.49. The number of halogens is 1. The smallest absolute Gasteiger partial charge is 0.233 e. The van der Waals surface area contributed by atoms with Crippen molar-refractivity contribution < 1.29 is 18.4 Å². The molecule has 2 heterocycles. The minimum Gasteiger partial charge on any atom is -0.493 e. The second-order valence-electron chi connectivity index (χ2n) is 7.27. The van der Waals surface area contributed by atoms with E-state index < -0.39 is 0 Å². The van der Waals surface area contributed by atoms with Crippen LogP contribution in [0.3, 0.4) is 0 Å². The van der Waals surface area contributed by atoms with E-state index in [1.54, 1.807) is 17.0 Å². The molecule has 0 bridgehead atoms. The van der Waals surface area contributed by atoms with Crippen LogP contribution < -0.4 is 4.74 Å². The van der Waals surface area contributed by atoms with E-state index in [1.807, 2.05) is 31.2 Å². The quantitative estimate of drug-likeness (QED) is 0.614. The van der Waals surface area contributed by atoms with Crippen LogP contribution in [0.25, 0.3) is 0 Å². The van der Waals surface area contributed by atoms with Gasteiger partial charge in [0.15, 0.2) is 5.82 Å². The van der Waals surface area contributed by atoms with Crippen molar-refractivity contribution in [3.63, 3.8) is 0 Å². The summed E-state index contributed by atoms with van der Waals surface area (Å²) < 4.78 is 24.3. The first-order chi connectivity index (χ1) is 14.1. The maximum Gasteiger partial charge on any atom is 0.233 e. The number of benzene rings is 2. The van der Waals surface area contributed by atoms with Gasteiger partial charge in [-0.1, -0.05) is 29.4 Å². The molecule has 0 saturated carbocycles. The Hall–Kier alpha value is -3.22. The Labute approximate surface area is 168 Å². The summed E-state index contributed by atoms with van der Waals surface area (Å²) in [5, 5.41) is 4.00. The predicted molar refractivity (Wildman–Crippen MR) is 104 cm³/mol. The van der Waals surface area contributed by atoms with Crippen LogP contribution in [0.15, 0.2) is 53.1 Å². The lowest BCUT2D eigenvalue weighted by molar-refractivity contribution is -0.135. The van der Waals surface area contributed by atoms with Gasteiger partial charge in [-0.25, -0.2) is 4.39 Å². The average Bonchev–Trinajstić information content (AvgIpc) is 3.09. The topological polar surface area (TPSA) is 68.5 Å². The monoisotopic (exact) mass is 395 g/mol. The van der Waals surface area contributed by atoms with Crippen molar-refractivity contribution >= 4 is 5.91 Å². The van der Waals surface area contributed by atoms with Crippen molar-refractivity contribution in [3.05, 3.63) is 77.2 Å². The van der Waals surface area contributed by atoms with Crippen LogP contribution >= 0.6 is 0 Å². The van der Waals surface area contributed by atoms with Gasteiger partial charge in [0.2, 0.25) is 11.8 Å². The van der Waals surface area contributed by atoms with Crippen LogP contribution in [0.5, 0.6) is 5.75 Å². The molecule has 4 rings (SSSR count). The molecular formula is C22H22FN3O3. The second-order valence-corrected chi connectivity index (χ2v) is 7.27. The minimum atomic E-state index is -0.332. The van der Waals surface area contributed by atoms with Crippen molar-refractivity contribution in [1.82, 2.24) is 15.0 Å². The number of carbonyl (C=O) groups is 1. The van der Waals surface area contributed by atoms with E-state index in [1.165, 1.54) is 12.1 Å². The molecule has 1 aliphatic heterocycles. The SMILES string of the molecule is Cc1cccc(OCCc2noc(C3CN(C(=O)Cc4cccc(F)c4)C3)n2)c1. The van der Waals surface area contributed by atoms with E-state index in [0.29, 0.717) is 43.4 Å². The number of rotatable bonds is 7. The molecule has 1 aromatic heterocycles. The van der Waals surface area contributed by atoms with Gasteiger partial charge in [-0.2, -0.15) is 4.98 Å². The summed E-state index contributed by atoms with van der Waals surface area (Å²) >= 11 is 0. The van der Waals surface area contributed by atoms with E-state index in [0.717, 1.165) is 11.3 Å². The highest BCUT2D eigenvalue weighted by atomic mass is 19.1. The molecule has 6 nitrogen and oxygen atoms in total. The van der Waals surface area contributed by atoms with E-state index >= 15 is 0 Å². The van der Waals surface area contributed by atoms with Gasteiger partial charge in [0.05, 0.1) is 18.9 Å². The number of hydrogen-bond donors (Lipinski definition) is 0. The number of aromatic nitrogens is 2. The van der Waals surface area contributed by atoms with Crippen LogP contribution in [-0.2, 0) is 17.6 Å². The van der Waals surface area contributed by atoms with Crippen LogP contribution in [0, 0.1) is 12.7 Å². The molecule has 0 radical (unpaired) electrons. The molecule has 0 unspecified atom stereocenters. The molecule has 1 aliphatic rings. The third-order valence-electron chi connectivity index (χ3n) is 4.90. The average molecular weight is 395 g/mol. The number of nitrogens with zero attached hydrogens (tertiary/aromatic N) is 3. The largest absolute Gasteiger partial charge is 0.493 e. The number of hydrogen-bond acceptors (Lipinski definition) is 5. The van der Waals surface area contributed by atoms with Gasteiger partial charge in [-0.3, -0.25) is 4.79 Å². The zero-order valence-electron chi connectivity index (χ0n) is 16.2. The summed E-state index contributed by atoms with van der Waals surface area (Å²) in [5.74, 6) is 1.65. The van der Waals surface area contributed by atoms with Gasteiger partial charge >= 0.3 is 0 Å². The first-order valence-corrected chi connectivity index (χ1v) is 9.61. The maximum absolute atomic E-state index is 13.2. The first kappa shape index (κ1) is 19.1. The highest BCUT2D eigenvalue weighted by molar-refractivity contribution is 5.79. The van der Waals surface area contributed by atoms with Crippen molar-refractivity contribution in [2.24, 2.45) is 0 Å². The predicted octanol–water partition coefficient (Wildman–Crippen LogP) is 3.31. The van der Waals surface area contributed by atoms with Gasteiger partial charge in [-0.05, 0) is 42.3 Å². The normalized spacial score (nSPS) is 13.9. The third-order valence-corrected chi connectivity index (χ3v) is 4.90. The van der Waals surface area contributed by atoms with Gasteiger partial charge in [0.1, 0.15) is 11.6 Å². The molecule has 0 N–H and O–H groups in total. The summed E-state index contributed by atoms with van der Waals surface area (Å²) in [5.41, 5.74) is 1.82. The van der Waals surface area contributed by atoms with Crippen LogP contribution in [-0.4, -0.2) is 40.6 Å². The van der Waals surface area contributed by atoms with E-state index in [4.69, 9.17) is 9.26 Å². The molecule has 29 heavy (non-hydrogen) atoms. The fourth-order valence-electron chi connectivity index (χ4n) is 3.27. The molecule has 0 atom stereocenters. The van der Waals surface area contributed by atoms with Crippen molar-refractivity contribution in [2.75, 3.05) is 19.7 Å². The van der Waals surface area contributed by atoms with Gasteiger partial charge in [0.25, 0.3) is 0 Å². The molecule has 150 valence electrons. The Morgan fingerprint density at radius 1 is 1.24 bits per heavy atom. The van der Waals surface area contributed by atoms with Gasteiger partial charge in [-0.15, -0.1) is 0 Å². The zero-order chi connectivity index (χ0) is 20.2. The molecule has 0 spiro atoms. The van der Waals surface area contributed by atoms with E-state index in [2.05, 4.69) is 10.1 Å². The standard InChI is InChI=1S/C22H22FN3O3/c1-15-4-2-7-19(10-15)28-9-8-20-24-22(29-25-20)17-13-26(14-17)21(27)12-16-5-3-6-18(23)11-16/h2-7,10-11,17H,8-9,12-14H2,1H3. The Bertz CT molecular complexity index is 998. The third kappa shape index (κ3) is 4.80. The summed E-state index contributed by atoms with van der Waals surface area (Å²) in [4.78, 5) is 18.5. The highest BCUT2D eigenvalue weighted by Crippen LogP contribution is 2.26. The fraction of sp³-hybridized carbons (Fsp3) is 0.318. The number of carbonyl (C=O) groups excluding carboxylic acids is 1. The molecule has 0 aliphatic carbocycles. The van der Waals surface area contributed by atoms with Crippen molar-refractivity contribution in [2.45, 2.75) is 25.7 Å². The lowest BCUT2D eigenvalue weighted by Gasteiger charge is -2.37. The molecular weight excluding hydrogens is 373 g/mol. The van der Waals surface area contributed by atoms with E-state index in [9.17, 15) is 9.18 Å². The Morgan fingerprint density at radius 3 is 2.86 bits per heavy atom. The van der Waals surface area contributed by atoms with E-state index in [-0.39, 0.29) is 24.1 Å². The van der Waals surface area contributed by atoms with Gasteiger partial charge in [0, 0.05) is 19.5 Å². The summed E-state index contributed by atoms with van der Waals surface area (Å²) in [7, 11) is 0. The Balaban J connectivity index is 1.23. The highest BCUT2D eigenvalue weighted by Gasteiger charge is 2.35. The number of likely N-dealkylation sites (tertiary alicyclic amines) is 1. The number of aryl methyl sites for hydroxylation is 1. The maximum atomic E-state index is 13.2. The number of amides is 1. The molecule has 1 amide bonds. The first-order valence-electron chi connectivity index (χ1n) is 9.61. The molecule has 1 fully saturated rings. The lowest BCUT2D eigenvalue weighted by atomic mass is 9.99. The van der Waals surface area contributed by atoms with Crippen molar-refractivity contribution in [3.8, 4) is 5.75 Å². The molecule has 1 saturated heterocycles. The Morgan fingerprint density at radius 2 is 2.07 bits per heavy atom. The molecule has 3 aromatic rings. The second kappa shape index (κ2) is 8.43. The van der Waals surface area contributed by atoms with Crippen LogP contribution in [0.1, 0.15) is 28.8 Å². The molecule has 7 heteroatoms. The molecule has 2 aromatic carbocycles. The Kier molecular flexibility index (Phi) is 5.55. The van der Waals surface area contributed by atoms with Crippen molar-refractivity contribution in [1.29, 1.82) is 0 Å². The summed E-state index contributed by atoms with van der Waals surface area (Å²) in [6, 6.07) is 14.0.